The molecule has 0 amide bonds. The second-order valence-electron chi connectivity index (χ2n) is 8.62. The van der Waals surface area contributed by atoms with Gasteiger partial charge >= 0.3 is 12.3 Å². The number of anilines is 1. The van der Waals surface area contributed by atoms with Crippen molar-refractivity contribution in [2.24, 2.45) is 5.92 Å². The molecule has 1 aromatic carbocycles. The zero-order valence-electron chi connectivity index (χ0n) is 18.9. The number of aliphatic carboxylic acids is 1. The number of halogens is 3. The number of pyridine rings is 2. The number of alkyl halides is 3. The van der Waals surface area contributed by atoms with Gasteiger partial charge in [0, 0.05) is 24.2 Å². The maximum Gasteiger partial charge on any atom is 0.573 e. The van der Waals surface area contributed by atoms with Gasteiger partial charge in [-0.1, -0.05) is 12.1 Å². The van der Waals surface area contributed by atoms with Crippen LogP contribution in [0.25, 0.3) is 11.3 Å². The summed E-state index contributed by atoms with van der Waals surface area (Å²) in [5.74, 6) is -0.715. The molecule has 3 heterocycles. The van der Waals surface area contributed by atoms with Crippen molar-refractivity contribution >= 4 is 11.8 Å². The van der Waals surface area contributed by atoms with Gasteiger partial charge in [0.1, 0.15) is 23.4 Å². The molecule has 2 aliphatic rings. The lowest BCUT2D eigenvalue weighted by Gasteiger charge is -2.27. The summed E-state index contributed by atoms with van der Waals surface area (Å²) in [6.45, 7) is 1.23. The Morgan fingerprint density at radius 3 is 2.64 bits per heavy atom. The molecule has 2 aromatic heterocycles. The van der Waals surface area contributed by atoms with Gasteiger partial charge in [-0.25, -0.2) is 9.97 Å². The Hall–Kier alpha value is -3.86. The summed E-state index contributed by atoms with van der Waals surface area (Å²) in [6, 6.07) is 12.9. The quantitative estimate of drug-likeness (QED) is 0.438. The summed E-state index contributed by atoms with van der Waals surface area (Å²) in [4.78, 5) is 20.5. The first kappa shape index (κ1) is 23.9. The van der Waals surface area contributed by atoms with E-state index in [1.165, 1.54) is 18.2 Å². The second kappa shape index (κ2) is 9.65. The molecule has 11 heteroatoms. The fraction of sp³-hybridized carbons (Fsp3) is 0.320. The van der Waals surface area contributed by atoms with Crippen molar-refractivity contribution in [3.05, 3.63) is 66.0 Å². The highest BCUT2D eigenvalue weighted by Gasteiger charge is 2.47. The Bertz CT molecular complexity index is 1250. The number of ether oxygens (including phenoxy) is 3. The van der Waals surface area contributed by atoms with E-state index >= 15 is 0 Å². The minimum Gasteiger partial charge on any atom is -0.484 e. The van der Waals surface area contributed by atoms with Crippen LogP contribution >= 0.6 is 0 Å². The van der Waals surface area contributed by atoms with E-state index in [-0.39, 0.29) is 24.3 Å². The first-order valence-corrected chi connectivity index (χ1v) is 11.3. The number of carboxylic acids is 1. The number of aromatic nitrogens is 2. The molecular weight excluding hydrogens is 479 g/mol. The van der Waals surface area contributed by atoms with Gasteiger partial charge in [-0.2, -0.15) is 0 Å². The largest absolute Gasteiger partial charge is 0.573 e. The van der Waals surface area contributed by atoms with Crippen LogP contribution in [0.3, 0.4) is 0 Å². The van der Waals surface area contributed by atoms with Crippen molar-refractivity contribution in [3.8, 4) is 22.8 Å². The minimum absolute atomic E-state index is 0.0637. The molecule has 2 fully saturated rings. The highest BCUT2D eigenvalue weighted by atomic mass is 19.4. The number of carbonyl (C=O) groups is 1. The lowest BCUT2D eigenvalue weighted by atomic mass is 10.1. The van der Waals surface area contributed by atoms with Gasteiger partial charge in [0.05, 0.1) is 30.5 Å². The van der Waals surface area contributed by atoms with E-state index in [2.05, 4.69) is 15.0 Å². The zero-order chi connectivity index (χ0) is 25.3. The fourth-order valence-electron chi connectivity index (χ4n) is 3.92. The second-order valence-corrected chi connectivity index (χ2v) is 8.62. The van der Waals surface area contributed by atoms with Crippen molar-refractivity contribution in [2.75, 3.05) is 18.5 Å². The zero-order valence-corrected chi connectivity index (χ0v) is 18.9. The highest BCUT2D eigenvalue weighted by molar-refractivity contribution is 5.75. The molecule has 2 atom stereocenters. The van der Waals surface area contributed by atoms with Crippen LogP contribution in [0.15, 0.2) is 54.7 Å². The Kier molecular flexibility index (Phi) is 6.40. The van der Waals surface area contributed by atoms with Crippen molar-refractivity contribution < 1.29 is 37.3 Å². The van der Waals surface area contributed by atoms with Crippen LogP contribution in [0.1, 0.15) is 23.6 Å². The fourth-order valence-corrected chi connectivity index (χ4v) is 3.92. The molecule has 188 valence electrons. The molecular formula is C25H22F3N3O5. The third kappa shape index (κ3) is 5.68. The first-order valence-electron chi connectivity index (χ1n) is 11.3. The van der Waals surface area contributed by atoms with Crippen LogP contribution in [0.2, 0.25) is 0 Å². The van der Waals surface area contributed by atoms with E-state index in [1.54, 1.807) is 30.5 Å². The molecule has 0 bridgehead atoms. The molecule has 8 nitrogen and oxygen atoms in total. The summed E-state index contributed by atoms with van der Waals surface area (Å²) in [7, 11) is 0. The Morgan fingerprint density at radius 2 is 2.00 bits per heavy atom. The van der Waals surface area contributed by atoms with Gasteiger partial charge in [-0.05, 0) is 48.4 Å². The van der Waals surface area contributed by atoms with Crippen molar-refractivity contribution in [1.29, 1.82) is 0 Å². The van der Waals surface area contributed by atoms with Gasteiger partial charge < -0.3 is 24.6 Å². The molecule has 2 N–H and O–H groups in total. The molecule has 1 saturated heterocycles. The Labute approximate surface area is 204 Å². The average Bonchev–Trinajstić information content (AvgIpc) is 3.61. The van der Waals surface area contributed by atoms with Crippen LogP contribution in [0.5, 0.6) is 11.5 Å². The number of carboxylic acid groups (broad SMARTS) is 1. The highest BCUT2D eigenvalue weighted by Crippen LogP contribution is 2.50. The van der Waals surface area contributed by atoms with Gasteiger partial charge in [-0.15, -0.1) is 13.2 Å². The number of nitrogens with one attached hydrogen (secondary N) is 1. The van der Waals surface area contributed by atoms with Crippen molar-refractivity contribution in [3.63, 3.8) is 0 Å². The molecule has 1 aliphatic carbocycles. The predicted octanol–water partition coefficient (Wildman–Crippen LogP) is 4.62. The molecule has 1 saturated carbocycles. The molecule has 0 spiro atoms. The van der Waals surface area contributed by atoms with Crippen LogP contribution in [-0.2, 0) is 16.1 Å². The third-order valence-electron chi connectivity index (χ3n) is 5.91. The van der Waals surface area contributed by atoms with E-state index in [4.69, 9.17) is 14.5 Å². The molecule has 1 aliphatic heterocycles. The van der Waals surface area contributed by atoms with E-state index in [1.807, 2.05) is 6.07 Å². The summed E-state index contributed by atoms with van der Waals surface area (Å²) in [5.41, 5.74) is 2.58. The number of benzene rings is 1. The smallest absolute Gasteiger partial charge is 0.484 e. The maximum absolute atomic E-state index is 12.4. The lowest BCUT2D eigenvalue weighted by Crippen LogP contribution is -2.38. The molecule has 5 rings (SSSR count). The first-order chi connectivity index (χ1) is 17.2. The van der Waals surface area contributed by atoms with Crippen molar-refractivity contribution in [1.82, 2.24) is 9.97 Å². The van der Waals surface area contributed by atoms with E-state index < -0.39 is 18.2 Å². The monoisotopic (exact) mass is 501 g/mol. The number of nitrogens with zero attached hydrogens (tertiary/aromatic N) is 2. The molecule has 3 aromatic rings. The number of rotatable bonds is 9. The van der Waals surface area contributed by atoms with E-state index in [0.29, 0.717) is 48.2 Å². The van der Waals surface area contributed by atoms with Gasteiger partial charge in [0.15, 0.2) is 0 Å². The maximum atomic E-state index is 12.4. The topological polar surface area (TPSA) is 103 Å². The van der Waals surface area contributed by atoms with Gasteiger partial charge in [0.25, 0.3) is 0 Å². The van der Waals surface area contributed by atoms with Crippen LogP contribution in [0.4, 0.5) is 19.0 Å². The predicted molar refractivity (Wildman–Crippen MR) is 122 cm³/mol. The summed E-state index contributed by atoms with van der Waals surface area (Å²) < 4.78 is 52.4. The standard InChI is InChI=1S/C25H22F3N3O5/c26-25(27,28)36-16-3-1-2-14(8-16)10-29-22-7-4-15(11-30-22)20-5-6-21(35-17-12-34-13-17)23(31-20)18-9-19(18)24(32)33/h1-8,11,17-19H,9-10,12-13H2,(H,29,30)(H,32,33)/t18-,19-/m0/s1. The van der Waals surface area contributed by atoms with E-state index in [0.717, 1.165) is 5.56 Å². The van der Waals surface area contributed by atoms with Crippen LogP contribution in [-0.4, -0.2) is 46.7 Å². The molecule has 0 radical (unpaired) electrons. The van der Waals surface area contributed by atoms with Gasteiger partial charge in [0.2, 0.25) is 0 Å². The van der Waals surface area contributed by atoms with E-state index in [9.17, 15) is 23.1 Å². The Morgan fingerprint density at radius 1 is 1.17 bits per heavy atom. The summed E-state index contributed by atoms with van der Waals surface area (Å²) in [6.07, 6.45) is -2.67. The minimum atomic E-state index is -4.75. The Balaban J connectivity index is 1.27. The normalized spacial score (nSPS) is 19.3. The van der Waals surface area contributed by atoms with Crippen LogP contribution in [0, 0.1) is 5.92 Å². The SMILES string of the molecule is O=C(O)[C@H]1C[C@@H]1c1nc(-c2ccc(NCc3cccc(OC(F)(F)F)c3)nc2)ccc1OC1COC1. The van der Waals surface area contributed by atoms with Gasteiger partial charge in [-0.3, -0.25) is 4.79 Å². The molecule has 0 unspecified atom stereocenters. The average molecular weight is 501 g/mol. The van der Waals surface area contributed by atoms with Crippen LogP contribution < -0.4 is 14.8 Å². The lowest BCUT2D eigenvalue weighted by molar-refractivity contribution is -0.274. The summed E-state index contributed by atoms with van der Waals surface area (Å²) >= 11 is 0. The number of hydrogen-bond acceptors (Lipinski definition) is 7. The van der Waals surface area contributed by atoms with Crippen molar-refractivity contribution in [2.45, 2.75) is 31.3 Å². The molecule has 36 heavy (non-hydrogen) atoms. The third-order valence-corrected chi connectivity index (χ3v) is 5.91. The summed E-state index contributed by atoms with van der Waals surface area (Å²) in [5, 5.41) is 12.4. The number of hydrogen-bond donors (Lipinski definition) is 2.